The monoisotopic (exact) mass is 514 g/mol. The molecule has 1 amide bonds. The van der Waals surface area contributed by atoms with Gasteiger partial charge in [0.2, 0.25) is 11.9 Å². The highest BCUT2D eigenvalue weighted by Crippen LogP contribution is 2.27. The normalized spacial score (nSPS) is 15.6. The smallest absolute Gasteiger partial charge is 0.251 e. The molecule has 1 atom stereocenters. The van der Waals surface area contributed by atoms with E-state index < -0.39 is 0 Å². The van der Waals surface area contributed by atoms with E-state index in [9.17, 15) is 9.59 Å². The number of imidazole rings is 1. The Morgan fingerprint density at radius 2 is 2.16 bits per heavy atom. The highest BCUT2D eigenvalue weighted by atomic mass is 32.1. The van der Waals surface area contributed by atoms with Gasteiger partial charge in [0.25, 0.3) is 5.56 Å². The zero-order chi connectivity index (χ0) is 25.6. The van der Waals surface area contributed by atoms with Gasteiger partial charge in [-0.05, 0) is 30.8 Å². The summed E-state index contributed by atoms with van der Waals surface area (Å²) in [4.78, 5) is 47.6. The van der Waals surface area contributed by atoms with Crippen LogP contribution in [0.25, 0.3) is 16.5 Å². The van der Waals surface area contributed by atoms with E-state index in [-0.39, 0.29) is 23.9 Å². The lowest BCUT2D eigenvalue weighted by Gasteiger charge is -2.31. The third-order valence-corrected chi connectivity index (χ3v) is 6.87. The maximum Gasteiger partial charge on any atom is 0.251 e. The largest absolute Gasteiger partial charge is 0.345 e. The van der Waals surface area contributed by atoms with E-state index in [1.165, 1.54) is 6.92 Å². The fourth-order valence-corrected chi connectivity index (χ4v) is 4.95. The third kappa shape index (κ3) is 6.35. The van der Waals surface area contributed by atoms with Gasteiger partial charge in [-0.3, -0.25) is 19.1 Å². The summed E-state index contributed by atoms with van der Waals surface area (Å²) in [5.74, 6) is 7.08. The fraction of sp³-hybridized carbons (Fsp3) is 0.308. The molecule has 37 heavy (non-hydrogen) atoms. The van der Waals surface area contributed by atoms with Gasteiger partial charge in [0.15, 0.2) is 0 Å². The van der Waals surface area contributed by atoms with E-state index in [0.717, 1.165) is 48.0 Å². The average molecular weight is 515 g/mol. The Kier molecular flexibility index (Phi) is 7.49. The molecule has 0 saturated carbocycles. The van der Waals surface area contributed by atoms with Gasteiger partial charge < -0.3 is 10.3 Å². The van der Waals surface area contributed by atoms with Crippen molar-refractivity contribution in [2.45, 2.75) is 32.2 Å². The summed E-state index contributed by atoms with van der Waals surface area (Å²) in [7, 11) is 0. The van der Waals surface area contributed by atoms with Gasteiger partial charge in [-0.15, -0.1) is 11.3 Å². The lowest BCUT2D eigenvalue weighted by atomic mass is 9.97. The van der Waals surface area contributed by atoms with Crippen molar-refractivity contribution in [1.29, 1.82) is 0 Å². The number of carbonyl (C=O) groups is 1. The van der Waals surface area contributed by atoms with E-state index in [1.807, 2.05) is 23.7 Å². The van der Waals surface area contributed by atoms with E-state index in [4.69, 9.17) is 4.98 Å². The van der Waals surface area contributed by atoms with Gasteiger partial charge in [-0.25, -0.2) is 19.9 Å². The predicted octanol–water partition coefficient (Wildman–Crippen LogP) is 2.34. The molecule has 10 nitrogen and oxygen atoms in total. The molecule has 0 aliphatic carbocycles. The van der Waals surface area contributed by atoms with E-state index in [1.54, 1.807) is 40.7 Å². The molecule has 0 radical (unpaired) electrons. The minimum Gasteiger partial charge on any atom is -0.345 e. The fourth-order valence-electron chi connectivity index (χ4n) is 4.26. The van der Waals surface area contributed by atoms with Crippen molar-refractivity contribution >= 4 is 17.2 Å². The van der Waals surface area contributed by atoms with Crippen LogP contribution in [0.15, 0.2) is 53.3 Å². The third-order valence-electron chi connectivity index (χ3n) is 5.98. The molecule has 0 aromatic carbocycles. The minimum absolute atomic E-state index is 0.117. The van der Waals surface area contributed by atoms with Gasteiger partial charge in [0.05, 0.1) is 28.4 Å². The molecule has 1 aliphatic heterocycles. The number of thiophene rings is 1. The first-order chi connectivity index (χ1) is 18.0. The number of aromatic amines is 1. The number of H-pyrrole nitrogens is 1. The molecule has 5 heterocycles. The topological polar surface area (TPSA) is 122 Å². The molecule has 0 bridgehead atoms. The van der Waals surface area contributed by atoms with Crippen molar-refractivity contribution in [1.82, 2.24) is 39.7 Å². The standard InChI is InChI=1S/C26H26N8O2S/c1-18(35)27-8-2-5-19-12-28-26(29-13-19)34-16-21(30-17-34)15-33-9-3-6-20(14-33)25-31-22(11-24(36)32-25)23-7-4-10-37-23/h4,7,10-13,16-17,20H,3,6,8-9,14-15H2,1H3,(H,27,35)(H,31,32,36). The second-order valence-corrected chi connectivity index (χ2v) is 9.77. The summed E-state index contributed by atoms with van der Waals surface area (Å²) in [5.41, 5.74) is 2.20. The van der Waals surface area contributed by atoms with Gasteiger partial charge in [0.1, 0.15) is 12.2 Å². The maximum atomic E-state index is 12.3. The van der Waals surface area contributed by atoms with Crippen LogP contribution in [0.2, 0.25) is 0 Å². The second kappa shape index (κ2) is 11.3. The van der Waals surface area contributed by atoms with Crippen molar-refractivity contribution in [3.63, 3.8) is 0 Å². The number of amides is 1. The van der Waals surface area contributed by atoms with Crippen molar-refractivity contribution in [2.24, 2.45) is 0 Å². The average Bonchev–Trinajstić information content (AvgIpc) is 3.60. The van der Waals surface area contributed by atoms with Crippen LogP contribution in [0.1, 0.15) is 42.8 Å². The van der Waals surface area contributed by atoms with Crippen molar-refractivity contribution < 1.29 is 4.79 Å². The van der Waals surface area contributed by atoms with E-state index >= 15 is 0 Å². The molecule has 0 spiro atoms. The van der Waals surface area contributed by atoms with Crippen molar-refractivity contribution in [2.75, 3.05) is 19.6 Å². The molecule has 4 aromatic rings. The first-order valence-corrected chi connectivity index (χ1v) is 12.9. The Morgan fingerprint density at radius 3 is 2.95 bits per heavy atom. The first-order valence-electron chi connectivity index (χ1n) is 12.0. The summed E-state index contributed by atoms with van der Waals surface area (Å²) in [6.45, 7) is 4.18. The Labute approximate surface area is 217 Å². The number of nitrogens with zero attached hydrogens (tertiary/aromatic N) is 6. The first kappa shape index (κ1) is 24.5. The molecule has 1 fully saturated rings. The lowest BCUT2D eigenvalue weighted by Crippen LogP contribution is -2.35. The number of piperidine rings is 1. The summed E-state index contributed by atoms with van der Waals surface area (Å²) in [6, 6.07) is 5.52. The van der Waals surface area contributed by atoms with Crippen LogP contribution in [0.3, 0.4) is 0 Å². The predicted molar refractivity (Wildman–Crippen MR) is 140 cm³/mol. The molecule has 1 aliphatic rings. The maximum absolute atomic E-state index is 12.3. The molecule has 11 heteroatoms. The van der Waals surface area contributed by atoms with Gasteiger partial charge in [-0.2, -0.15) is 0 Å². The Balaban J connectivity index is 1.22. The van der Waals surface area contributed by atoms with Crippen LogP contribution >= 0.6 is 11.3 Å². The SMILES string of the molecule is CC(=O)NCC#Cc1cnc(-n2cnc(CN3CCCC(c4nc(-c5cccs5)cc(=O)[nH]4)C3)c2)nc1. The van der Waals surface area contributed by atoms with Gasteiger partial charge in [-0.1, -0.05) is 17.9 Å². The van der Waals surface area contributed by atoms with Crippen LogP contribution in [0.5, 0.6) is 0 Å². The lowest BCUT2D eigenvalue weighted by molar-refractivity contribution is -0.118. The minimum atomic E-state index is -0.119. The molecule has 1 unspecified atom stereocenters. The molecular formula is C26H26N8O2S. The van der Waals surface area contributed by atoms with Crippen molar-refractivity contribution in [3.05, 3.63) is 75.9 Å². The van der Waals surface area contributed by atoms with Crippen LogP contribution in [-0.2, 0) is 11.3 Å². The quantitative estimate of drug-likeness (QED) is 0.379. The number of carbonyl (C=O) groups excluding carboxylic acids is 1. The summed E-state index contributed by atoms with van der Waals surface area (Å²) in [5, 5.41) is 4.61. The Hall–Kier alpha value is -4.14. The van der Waals surface area contributed by atoms with Gasteiger partial charge in [0, 0.05) is 50.6 Å². The number of hydrogen-bond donors (Lipinski definition) is 2. The van der Waals surface area contributed by atoms with E-state index in [2.05, 4.69) is 42.0 Å². The van der Waals surface area contributed by atoms with Gasteiger partial charge >= 0.3 is 0 Å². The highest BCUT2D eigenvalue weighted by molar-refractivity contribution is 7.13. The van der Waals surface area contributed by atoms with Crippen LogP contribution in [0, 0.1) is 11.8 Å². The van der Waals surface area contributed by atoms with Crippen LogP contribution < -0.4 is 10.9 Å². The number of likely N-dealkylation sites (tertiary alicyclic amines) is 1. The van der Waals surface area contributed by atoms with Crippen LogP contribution in [0.4, 0.5) is 0 Å². The Morgan fingerprint density at radius 1 is 1.30 bits per heavy atom. The second-order valence-electron chi connectivity index (χ2n) is 8.82. The highest BCUT2D eigenvalue weighted by Gasteiger charge is 2.24. The van der Waals surface area contributed by atoms with E-state index in [0.29, 0.717) is 18.1 Å². The molecule has 5 rings (SSSR count). The molecule has 2 N–H and O–H groups in total. The summed E-state index contributed by atoms with van der Waals surface area (Å²) < 4.78 is 1.79. The number of rotatable bonds is 6. The number of aromatic nitrogens is 6. The molecule has 4 aromatic heterocycles. The molecular weight excluding hydrogens is 488 g/mol. The number of hydrogen-bond acceptors (Lipinski definition) is 8. The molecule has 188 valence electrons. The van der Waals surface area contributed by atoms with Crippen LogP contribution in [-0.4, -0.2) is 59.9 Å². The number of nitrogens with one attached hydrogen (secondary N) is 2. The van der Waals surface area contributed by atoms with Crippen molar-refractivity contribution in [3.8, 4) is 28.4 Å². The Bertz CT molecular complexity index is 1480. The zero-order valence-electron chi connectivity index (χ0n) is 20.3. The summed E-state index contributed by atoms with van der Waals surface area (Å²) in [6.07, 6.45) is 8.93. The molecule has 1 saturated heterocycles. The zero-order valence-corrected chi connectivity index (χ0v) is 21.2. The summed E-state index contributed by atoms with van der Waals surface area (Å²) >= 11 is 1.58.